The number of rotatable bonds is 7. The minimum Gasteiger partial charge on any atom is -0.508 e. The number of amides is 1. The van der Waals surface area contributed by atoms with Crippen LogP contribution in [0.25, 0.3) is 0 Å². The molecule has 1 aromatic carbocycles. The number of nitrogens with one attached hydrogen (secondary N) is 1. The molecule has 1 unspecified atom stereocenters. The molecule has 2 N–H and O–H groups in total. The smallest absolute Gasteiger partial charge is 0.223 e. The van der Waals surface area contributed by atoms with Gasteiger partial charge in [0.15, 0.2) is 0 Å². The summed E-state index contributed by atoms with van der Waals surface area (Å²) in [6.07, 6.45) is 0.391. The molecule has 0 spiro atoms. The summed E-state index contributed by atoms with van der Waals surface area (Å²) in [6.45, 7) is 7.62. The number of phenolic OH excluding ortho intramolecular Hbond substituents is 1. The molecular formula is C15H23FN2O2. The van der Waals surface area contributed by atoms with Crippen LogP contribution in [0.4, 0.5) is 4.39 Å². The van der Waals surface area contributed by atoms with Crippen LogP contribution in [0.15, 0.2) is 18.2 Å². The van der Waals surface area contributed by atoms with Crippen LogP contribution in [0, 0.1) is 5.82 Å². The van der Waals surface area contributed by atoms with Gasteiger partial charge in [0, 0.05) is 37.7 Å². The molecule has 20 heavy (non-hydrogen) atoms. The number of nitrogens with zero attached hydrogens (tertiary/aromatic N) is 1. The Morgan fingerprint density at radius 3 is 2.65 bits per heavy atom. The number of hydrogen-bond acceptors (Lipinski definition) is 3. The molecule has 1 amide bonds. The lowest BCUT2D eigenvalue weighted by atomic mass is 10.1. The van der Waals surface area contributed by atoms with Crippen molar-refractivity contribution in [1.29, 1.82) is 0 Å². The monoisotopic (exact) mass is 282 g/mol. The molecule has 4 nitrogen and oxygen atoms in total. The van der Waals surface area contributed by atoms with Crippen LogP contribution in [-0.4, -0.2) is 35.5 Å². The largest absolute Gasteiger partial charge is 0.508 e. The predicted molar refractivity (Wildman–Crippen MR) is 77.0 cm³/mol. The summed E-state index contributed by atoms with van der Waals surface area (Å²) in [4.78, 5) is 13.6. The first kappa shape index (κ1) is 16.4. The number of aromatic hydroxyl groups is 1. The van der Waals surface area contributed by atoms with E-state index < -0.39 is 0 Å². The van der Waals surface area contributed by atoms with E-state index in [2.05, 4.69) is 5.32 Å². The third kappa shape index (κ3) is 4.49. The molecule has 0 saturated carbocycles. The summed E-state index contributed by atoms with van der Waals surface area (Å²) < 4.78 is 13.2. The van der Waals surface area contributed by atoms with Gasteiger partial charge in [-0.2, -0.15) is 0 Å². The second kappa shape index (κ2) is 7.85. The summed E-state index contributed by atoms with van der Waals surface area (Å²) in [5, 5.41) is 12.8. The summed E-state index contributed by atoms with van der Waals surface area (Å²) in [5.41, 5.74) is 0.500. The lowest BCUT2D eigenvalue weighted by Gasteiger charge is -2.20. The lowest BCUT2D eigenvalue weighted by molar-refractivity contribution is -0.130. The highest BCUT2D eigenvalue weighted by Crippen LogP contribution is 2.24. The highest BCUT2D eigenvalue weighted by molar-refractivity contribution is 5.76. The minimum atomic E-state index is -0.384. The highest BCUT2D eigenvalue weighted by Gasteiger charge is 2.13. The Bertz CT molecular complexity index is 447. The van der Waals surface area contributed by atoms with Crippen molar-refractivity contribution in [3.8, 4) is 5.75 Å². The number of phenols is 1. The molecule has 0 aliphatic rings. The molecular weight excluding hydrogens is 259 g/mol. The van der Waals surface area contributed by atoms with E-state index in [9.17, 15) is 14.3 Å². The molecule has 5 heteroatoms. The highest BCUT2D eigenvalue weighted by atomic mass is 19.1. The Hall–Kier alpha value is -1.62. The summed E-state index contributed by atoms with van der Waals surface area (Å²) in [7, 11) is 0. The van der Waals surface area contributed by atoms with E-state index in [4.69, 9.17) is 0 Å². The van der Waals surface area contributed by atoms with Crippen molar-refractivity contribution in [1.82, 2.24) is 10.2 Å². The van der Waals surface area contributed by atoms with Gasteiger partial charge >= 0.3 is 0 Å². The number of benzene rings is 1. The Balaban J connectivity index is 2.49. The maximum Gasteiger partial charge on any atom is 0.223 e. The standard InChI is InChI=1S/C15H23FN2O2/c1-4-18(5-2)15(20)8-9-17-11(3)13-10-12(16)6-7-14(13)19/h6-7,10-11,17,19H,4-5,8-9H2,1-3H3. The van der Waals surface area contributed by atoms with Crippen molar-refractivity contribution in [2.24, 2.45) is 0 Å². The third-order valence-electron chi connectivity index (χ3n) is 3.36. The fourth-order valence-electron chi connectivity index (χ4n) is 2.11. The average molecular weight is 282 g/mol. The zero-order valence-corrected chi connectivity index (χ0v) is 12.3. The van der Waals surface area contributed by atoms with E-state index in [1.807, 2.05) is 20.8 Å². The first-order chi connectivity index (χ1) is 9.49. The Morgan fingerprint density at radius 2 is 2.05 bits per heavy atom. The topological polar surface area (TPSA) is 52.6 Å². The van der Waals surface area contributed by atoms with Crippen LogP contribution in [0.1, 0.15) is 38.8 Å². The van der Waals surface area contributed by atoms with Crippen molar-refractivity contribution in [2.75, 3.05) is 19.6 Å². The van der Waals surface area contributed by atoms with Crippen LogP contribution in [0.5, 0.6) is 5.75 Å². The van der Waals surface area contributed by atoms with Crippen molar-refractivity contribution >= 4 is 5.91 Å². The zero-order valence-electron chi connectivity index (χ0n) is 12.3. The van der Waals surface area contributed by atoms with Crippen molar-refractivity contribution in [3.63, 3.8) is 0 Å². The van der Waals surface area contributed by atoms with E-state index in [1.165, 1.54) is 18.2 Å². The zero-order chi connectivity index (χ0) is 15.1. The molecule has 0 aliphatic carbocycles. The number of halogens is 1. The number of carbonyl (C=O) groups excluding carboxylic acids is 1. The summed E-state index contributed by atoms with van der Waals surface area (Å²) in [5.74, 6) is -0.231. The number of carbonyl (C=O) groups is 1. The van der Waals surface area contributed by atoms with Gasteiger partial charge in [0.25, 0.3) is 0 Å². The van der Waals surface area contributed by atoms with E-state index in [-0.39, 0.29) is 23.5 Å². The van der Waals surface area contributed by atoms with Gasteiger partial charge in [0.1, 0.15) is 11.6 Å². The van der Waals surface area contributed by atoms with E-state index >= 15 is 0 Å². The molecule has 112 valence electrons. The quantitative estimate of drug-likeness (QED) is 0.807. The predicted octanol–water partition coefficient (Wildman–Crippen LogP) is 2.44. The van der Waals surface area contributed by atoms with E-state index in [0.717, 1.165) is 0 Å². The third-order valence-corrected chi connectivity index (χ3v) is 3.36. The van der Waals surface area contributed by atoms with E-state index in [1.54, 1.807) is 4.90 Å². The minimum absolute atomic E-state index is 0.0569. The van der Waals surface area contributed by atoms with Crippen LogP contribution >= 0.6 is 0 Å². The second-order valence-corrected chi connectivity index (χ2v) is 4.69. The van der Waals surface area contributed by atoms with Gasteiger partial charge in [0.2, 0.25) is 5.91 Å². The van der Waals surface area contributed by atoms with Gasteiger partial charge in [0.05, 0.1) is 0 Å². The molecule has 0 heterocycles. The van der Waals surface area contributed by atoms with Gasteiger partial charge < -0.3 is 15.3 Å². The molecule has 0 bridgehead atoms. The molecule has 0 fully saturated rings. The molecule has 1 aromatic rings. The molecule has 0 saturated heterocycles. The number of hydrogen-bond donors (Lipinski definition) is 2. The lowest BCUT2D eigenvalue weighted by Crippen LogP contribution is -2.33. The van der Waals surface area contributed by atoms with Crippen LogP contribution in [0.2, 0.25) is 0 Å². The fourth-order valence-corrected chi connectivity index (χ4v) is 2.11. The maximum absolute atomic E-state index is 13.2. The first-order valence-corrected chi connectivity index (χ1v) is 6.99. The maximum atomic E-state index is 13.2. The van der Waals surface area contributed by atoms with Gasteiger partial charge in [-0.05, 0) is 39.0 Å². The molecule has 0 radical (unpaired) electrons. The molecule has 0 aliphatic heterocycles. The van der Waals surface area contributed by atoms with Gasteiger partial charge in [-0.15, -0.1) is 0 Å². The Labute approximate surface area is 119 Å². The summed E-state index contributed by atoms with van der Waals surface area (Å²) >= 11 is 0. The van der Waals surface area contributed by atoms with Crippen molar-refractivity contribution < 1.29 is 14.3 Å². The second-order valence-electron chi connectivity index (χ2n) is 4.69. The first-order valence-electron chi connectivity index (χ1n) is 6.99. The van der Waals surface area contributed by atoms with Gasteiger partial charge in [-0.25, -0.2) is 4.39 Å². The van der Waals surface area contributed by atoms with Crippen LogP contribution in [-0.2, 0) is 4.79 Å². The Morgan fingerprint density at radius 1 is 1.40 bits per heavy atom. The van der Waals surface area contributed by atoms with Crippen LogP contribution < -0.4 is 5.32 Å². The van der Waals surface area contributed by atoms with Crippen molar-refractivity contribution in [3.05, 3.63) is 29.6 Å². The average Bonchev–Trinajstić information content (AvgIpc) is 2.42. The van der Waals surface area contributed by atoms with Gasteiger partial charge in [-0.1, -0.05) is 0 Å². The van der Waals surface area contributed by atoms with Gasteiger partial charge in [-0.3, -0.25) is 4.79 Å². The Kier molecular flexibility index (Phi) is 6.45. The van der Waals surface area contributed by atoms with E-state index in [0.29, 0.717) is 31.6 Å². The normalized spacial score (nSPS) is 12.2. The van der Waals surface area contributed by atoms with Crippen LogP contribution in [0.3, 0.4) is 0 Å². The SMILES string of the molecule is CCN(CC)C(=O)CCNC(C)c1cc(F)ccc1O. The fraction of sp³-hybridized carbons (Fsp3) is 0.533. The summed E-state index contributed by atoms with van der Waals surface area (Å²) in [6, 6.07) is 3.65. The molecule has 1 atom stereocenters. The van der Waals surface area contributed by atoms with Crippen molar-refractivity contribution in [2.45, 2.75) is 33.2 Å². The molecule has 1 rings (SSSR count). The molecule has 0 aromatic heterocycles.